The van der Waals surface area contributed by atoms with Gasteiger partial charge in [0.25, 0.3) is 5.91 Å². The van der Waals surface area contributed by atoms with Gasteiger partial charge in [-0.3, -0.25) is 9.59 Å². The Morgan fingerprint density at radius 2 is 1.77 bits per heavy atom. The maximum absolute atomic E-state index is 13.6. The number of carbonyl (C=O) groups excluding carboxylic acids is 3. The number of hydrogen-bond acceptors (Lipinski definition) is 6. The standard InChI is InChI=1S/C26H24N2O6S/c1-3-15-27(35(32,33)22-14-11-18-7-5-6-8-20(18)16-22)23-17-24(29)28(25(23)30)21-12-9-19(10-13-21)26(31)34-4-2/h3,5-14,16,23H,1,4,15,17H2,2H3. The van der Waals surface area contributed by atoms with Gasteiger partial charge in [0.05, 0.1) is 29.2 Å². The Bertz CT molecular complexity index is 1420. The molecule has 0 radical (unpaired) electrons. The molecule has 9 heteroatoms. The van der Waals surface area contributed by atoms with Crippen molar-refractivity contribution in [2.24, 2.45) is 0 Å². The average Bonchev–Trinajstić information content (AvgIpc) is 3.15. The van der Waals surface area contributed by atoms with E-state index in [2.05, 4.69) is 6.58 Å². The quantitative estimate of drug-likeness (QED) is 0.271. The number of benzene rings is 3. The van der Waals surface area contributed by atoms with Gasteiger partial charge in [0.15, 0.2) is 0 Å². The number of sulfonamides is 1. The molecule has 2 amide bonds. The Balaban J connectivity index is 1.65. The van der Waals surface area contributed by atoms with Crippen LogP contribution in [0.3, 0.4) is 0 Å². The van der Waals surface area contributed by atoms with Crippen LogP contribution < -0.4 is 4.90 Å². The number of carbonyl (C=O) groups is 3. The first kappa shape index (κ1) is 24.3. The summed E-state index contributed by atoms with van der Waals surface area (Å²) >= 11 is 0. The van der Waals surface area contributed by atoms with Gasteiger partial charge >= 0.3 is 5.97 Å². The van der Waals surface area contributed by atoms with Gasteiger partial charge < -0.3 is 4.74 Å². The molecule has 0 bridgehead atoms. The molecular weight excluding hydrogens is 468 g/mol. The van der Waals surface area contributed by atoms with E-state index >= 15 is 0 Å². The van der Waals surface area contributed by atoms with E-state index in [1.54, 1.807) is 25.1 Å². The number of rotatable bonds is 8. The van der Waals surface area contributed by atoms with Crippen molar-refractivity contribution in [3.63, 3.8) is 0 Å². The zero-order valence-electron chi connectivity index (χ0n) is 19.1. The fourth-order valence-electron chi connectivity index (χ4n) is 4.06. The van der Waals surface area contributed by atoms with Crippen molar-refractivity contribution in [2.45, 2.75) is 24.3 Å². The van der Waals surface area contributed by atoms with E-state index in [1.165, 1.54) is 36.4 Å². The largest absolute Gasteiger partial charge is 0.462 e. The van der Waals surface area contributed by atoms with Crippen LogP contribution in [-0.2, 0) is 24.3 Å². The maximum Gasteiger partial charge on any atom is 0.338 e. The van der Waals surface area contributed by atoms with E-state index in [-0.39, 0.29) is 35.7 Å². The van der Waals surface area contributed by atoms with Crippen LogP contribution in [0.4, 0.5) is 5.69 Å². The molecule has 0 spiro atoms. The minimum absolute atomic E-state index is 0.0236. The highest BCUT2D eigenvalue weighted by atomic mass is 32.2. The van der Waals surface area contributed by atoms with E-state index < -0.39 is 33.8 Å². The first-order valence-corrected chi connectivity index (χ1v) is 12.5. The summed E-state index contributed by atoms with van der Waals surface area (Å²) in [5.41, 5.74) is 0.524. The summed E-state index contributed by atoms with van der Waals surface area (Å²) in [4.78, 5) is 39.0. The van der Waals surface area contributed by atoms with Crippen LogP contribution in [0.2, 0.25) is 0 Å². The van der Waals surface area contributed by atoms with Crippen LogP contribution in [0.25, 0.3) is 10.8 Å². The molecule has 0 aromatic heterocycles. The molecule has 4 rings (SSSR count). The summed E-state index contributed by atoms with van der Waals surface area (Å²) in [5.74, 6) is -1.72. The normalized spacial score (nSPS) is 16.2. The predicted octanol–water partition coefficient (Wildman–Crippen LogP) is 3.53. The number of anilines is 1. The highest BCUT2D eigenvalue weighted by Crippen LogP contribution is 2.30. The molecule has 3 aromatic rings. The van der Waals surface area contributed by atoms with Gasteiger partial charge in [-0.1, -0.05) is 36.4 Å². The Labute approximate surface area is 203 Å². The van der Waals surface area contributed by atoms with Crippen LogP contribution in [0.5, 0.6) is 0 Å². The molecule has 0 aliphatic carbocycles. The second kappa shape index (κ2) is 9.81. The van der Waals surface area contributed by atoms with Gasteiger partial charge in [0.2, 0.25) is 15.9 Å². The lowest BCUT2D eigenvalue weighted by molar-refractivity contribution is -0.122. The lowest BCUT2D eigenvalue weighted by atomic mass is 10.1. The highest BCUT2D eigenvalue weighted by Gasteiger charge is 2.46. The molecule has 35 heavy (non-hydrogen) atoms. The number of hydrogen-bond donors (Lipinski definition) is 0. The third-order valence-corrected chi connectivity index (χ3v) is 7.61. The zero-order chi connectivity index (χ0) is 25.2. The summed E-state index contributed by atoms with van der Waals surface area (Å²) in [6.45, 7) is 5.40. The third-order valence-electron chi connectivity index (χ3n) is 5.74. The Kier molecular flexibility index (Phi) is 6.81. The maximum atomic E-state index is 13.6. The second-order valence-electron chi connectivity index (χ2n) is 7.93. The monoisotopic (exact) mass is 492 g/mol. The summed E-state index contributed by atoms with van der Waals surface area (Å²) in [7, 11) is -4.12. The Morgan fingerprint density at radius 3 is 2.43 bits per heavy atom. The van der Waals surface area contributed by atoms with Crippen molar-refractivity contribution < 1.29 is 27.5 Å². The molecule has 1 aliphatic rings. The third kappa shape index (κ3) is 4.60. The van der Waals surface area contributed by atoms with Crippen molar-refractivity contribution >= 4 is 44.3 Å². The molecule has 1 heterocycles. The lowest BCUT2D eigenvalue weighted by Gasteiger charge is -2.26. The van der Waals surface area contributed by atoms with Crippen molar-refractivity contribution in [1.29, 1.82) is 0 Å². The zero-order valence-corrected chi connectivity index (χ0v) is 19.9. The molecule has 1 atom stereocenters. The number of ether oxygens (including phenoxy) is 1. The van der Waals surface area contributed by atoms with Crippen LogP contribution >= 0.6 is 0 Å². The van der Waals surface area contributed by atoms with Gasteiger partial charge in [0.1, 0.15) is 6.04 Å². The molecule has 8 nitrogen and oxygen atoms in total. The molecule has 0 saturated carbocycles. The lowest BCUT2D eigenvalue weighted by Crippen LogP contribution is -2.45. The van der Waals surface area contributed by atoms with Crippen LogP contribution in [0, 0.1) is 0 Å². The van der Waals surface area contributed by atoms with Gasteiger partial charge in [-0.15, -0.1) is 6.58 Å². The van der Waals surface area contributed by atoms with Crippen molar-refractivity contribution in [3.8, 4) is 0 Å². The van der Waals surface area contributed by atoms with E-state index in [4.69, 9.17) is 4.74 Å². The molecular formula is C26H24N2O6S. The summed E-state index contributed by atoms with van der Waals surface area (Å²) in [5, 5.41) is 1.62. The van der Waals surface area contributed by atoms with Crippen LogP contribution in [0.15, 0.2) is 84.3 Å². The van der Waals surface area contributed by atoms with Crippen LogP contribution in [0.1, 0.15) is 23.7 Å². The van der Waals surface area contributed by atoms with Crippen molar-refractivity contribution in [3.05, 3.63) is 84.9 Å². The number of esters is 1. The molecule has 0 N–H and O–H groups in total. The van der Waals surface area contributed by atoms with Gasteiger partial charge in [0, 0.05) is 6.54 Å². The highest BCUT2D eigenvalue weighted by molar-refractivity contribution is 7.89. The van der Waals surface area contributed by atoms with Crippen LogP contribution in [-0.4, -0.2) is 49.7 Å². The summed E-state index contributed by atoms with van der Waals surface area (Å²) in [6, 6.07) is 16.7. The van der Waals surface area contributed by atoms with Gasteiger partial charge in [-0.05, 0) is 54.1 Å². The summed E-state index contributed by atoms with van der Waals surface area (Å²) < 4.78 is 33.1. The van der Waals surface area contributed by atoms with Gasteiger partial charge in [-0.25, -0.2) is 18.1 Å². The predicted molar refractivity (Wildman–Crippen MR) is 131 cm³/mol. The van der Waals surface area contributed by atoms with Crippen molar-refractivity contribution in [1.82, 2.24) is 4.31 Å². The SMILES string of the molecule is C=CCN(C1CC(=O)N(c2ccc(C(=O)OCC)cc2)C1=O)S(=O)(=O)c1ccc2ccccc2c1. The topological polar surface area (TPSA) is 101 Å². The molecule has 1 aliphatic heterocycles. The molecule has 1 unspecified atom stereocenters. The average molecular weight is 493 g/mol. The fraction of sp³-hybridized carbons (Fsp3) is 0.192. The molecule has 1 saturated heterocycles. The first-order chi connectivity index (χ1) is 16.8. The number of imide groups is 1. The molecule has 3 aromatic carbocycles. The first-order valence-electron chi connectivity index (χ1n) is 11.0. The van der Waals surface area contributed by atoms with E-state index in [0.717, 1.165) is 20.0 Å². The number of fused-ring (bicyclic) bond motifs is 1. The summed E-state index contributed by atoms with van der Waals surface area (Å²) in [6.07, 6.45) is 1.08. The molecule has 180 valence electrons. The van der Waals surface area contributed by atoms with E-state index in [9.17, 15) is 22.8 Å². The number of amides is 2. The Morgan fingerprint density at radius 1 is 1.09 bits per heavy atom. The Hall–Kier alpha value is -3.82. The smallest absolute Gasteiger partial charge is 0.338 e. The van der Waals surface area contributed by atoms with Gasteiger partial charge in [-0.2, -0.15) is 4.31 Å². The van der Waals surface area contributed by atoms with Crippen molar-refractivity contribution in [2.75, 3.05) is 18.1 Å². The van der Waals surface area contributed by atoms with E-state index in [1.807, 2.05) is 18.2 Å². The fourth-order valence-corrected chi connectivity index (χ4v) is 5.64. The number of nitrogens with zero attached hydrogens (tertiary/aromatic N) is 2. The minimum atomic E-state index is -4.12. The minimum Gasteiger partial charge on any atom is -0.462 e. The molecule has 1 fully saturated rings. The second-order valence-corrected chi connectivity index (χ2v) is 9.82. The van der Waals surface area contributed by atoms with E-state index in [0.29, 0.717) is 0 Å².